The summed E-state index contributed by atoms with van der Waals surface area (Å²) in [5, 5.41) is 1.85. The lowest BCUT2D eigenvalue weighted by molar-refractivity contribution is -0.0767. The zero-order valence-electron chi connectivity index (χ0n) is 8.07. The van der Waals surface area contributed by atoms with E-state index in [0.717, 1.165) is 6.42 Å². The third kappa shape index (κ3) is 2.06. The molecule has 0 aliphatic carbocycles. The summed E-state index contributed by atoms with van der Waals surface area (Å²) in [5.41, 5.74) is 6.51. The van der Waals surface area contributed by atoms with E-state index in [1.165, 1.54) is 5.06 Å². The van der Waals surface area contributed by atoms with Gasteiger partial charge < -0.3 is 5.73 Å². The molecule has 0 saturated carbocycles. The summed E-state index contributed by atoms with van der Waals surface area (Å²) in [6.45, 7) is 1.19. The summed E-state index contributed by atoms with van der Waals surface area (Å²) in [6.07, 6.45) is 0.860. The van der Waals surface area contributed by atoms with Gasteiger partial charge in [-0.15, -0.1) is 0 Å². The molecule has 2 rings (SSSR count). The van der Waals surface area contributed by atoms with E-state index < -0.39 is 0 Å². The zero-order valence-corrected chi connectivity index (χ0v) is 8.83. The highest BCUT2D eigenvalue weighted by molar-refractivity contribution is 6.31. The van der Waals surface area contributed by atoms with Gasteiger partial charge in [-0.1, -0.05) is 11.6 Å². The number of nitrogens with zero attached hydrogens (tertiary/aromatic N) is 1. The molecule has 1 heterocycles. The van der Waals surface area contributed by atoms with Crippen molar-refractivity contribution < 1.29 is 9.63 Å². The first-order valence-corrected chi connectivity index (χ1v) is 5.06. The molecule has 5 heteroatoms. The Bertz CT molecular complexity index is 389. The SMILES string of the molecule is Nc1cc(Cl)ccc1C(=O)N1CCCO1. The molecule has 0 bridgehead atoms. The summed E-state index contributed by atoms with van der Waals surface area (Å²) < 4.78 is 0. The van der Waals surface area contributed by atoms with Crippen LogP contribution < -0.4 is 5.73 Å². The predicted octanol–water partition coefficient (Wildman–Crippen LogP) is 1.70. The first-order valence-electron chi connectivity index (χ1n) is 4.68. The number of nitrogens with two attached hydrogens (primary N) is 1. The predicted molar refractivity (Wildman–Crippen MR) is 57.5 cm³/mol. The topological polar surface area (TPSA) is 55.6 Å². The van der Waals surface area contributed by atoms with Gasteiger partial charge in [0.25, 0.3) is 5.91 Å². The van der Waals surface area contributed by atoms with Gasteiger partial charge in [0.2, 0.25) is 0 Å². The summed E-state index contributed by atoms with van der Waals surface area (Å²) in [5.74, 6) is -0.207. The molecular weight excluding hydrogens is 216 g/mol. The van der Waals surface area contributed by atoms with Gasteiger partial charge in [0.1, 0.15) is 0 Å². The molecule has 80 valence electrons. The summed E-state index contributed by atoms with van der Waals surface area (Å²) >= 11 is 5.75. The highest BCUT2D eigenvalue weighted by Crippen LogP contribution is 2.20. The standard InChI is InChI=1S/C10H11ClN2O2/c11-7-2-3-8(9(12)6-7)10(14)13-4-1-5-15-13/h2-3,6H,1,4-5,12H2. The van der Waals surface area contributed by atoms with Crippen LogP contribution in [-0.2, 0) is 4.84 Å². The number of benzene rings is 1. The third-order valence-electron chi connectivity index (χ3n) is 2.22. The van der Waals surface area contributed by atoms with E-state index in [1.807, 2.05) is 0 Å². The summed E-state index contributed by atoms with van der Waals surface area (Å²) in [4.78, 5) is 17.0. The first kappa shape index (κ1) is 10.3. The Morgan fingerprint density at radius 3 is 2.93 bits per heavy atom. The molecule has 1 aromatic carbocycles. The molecule has 0 spiro atoms. The highest BCUT2D eigenvalue weighted by Gasteiger charge is 2.22. The van der Waals surface area contributed by atoms with E-state index >= 15 is 0 Å². The Balaban J connectivity index is 2.24. The van der Waals surface area contributed by atoms with Crippen molar-refractivity contribution >= 4 is 23.2 Å². The minimum atomic E-state index is -0.207. The number of rotatable bonds is 1. The molecule has 1 aliphatic heterocycles. The lowest BCUT2D eigenvalue weighted by Crippen LogP contribution is -2.27. The quantitative estimate of drug-likeness (QED) is 0.742. The Kier molecular flexibility index (Phi) is 2.79. The number of amides is 1. The Labute approximate surface area is 92.5 Å². The van der Waals surface area contributed by atoms with Gasteiger partial charge in [0, 0.05) is 10.7 Å². The molecule has 1 aliphatic rings. The molecule has 0 unspecified atom stereocenters. The molecular formula is C10H11ClN2O2. The van der Waals surface area contributed by atoms with Gasteiger partial charge >= 0.3 is 0 Å². The van der Waals surface area contributed by atoms with Crippen molar-refractivity contribution in [3.63, 3.8) is 0 Å². The molecule has 1 amide bonds. The molecule has 15 heavy (non-hydrogen) atoms. The third-order valence-corrected chi connectivity index (χ3v) is 2.46. The lowest BCUT2D eigenvalue weighted by atomic mass is 10.1. The highest BCUT2D eigenvalue weighted by atomic mass is 35.5. The van der Waals surface area contributed by atoms with Crippen LogP contribution in [0.4, 0.5) is 5.69 Å². The molecule has 1 saturated heterocycles. The van der Waals surface area contributed by atoms with Crippen molar-refractivity contribution in [1.82, 2.24) is 5.06 Å². The number of hydroxylamine groups is 2. The second kappa shape index (κ2) is 4.08. The summed E-state index contributed by atoms with van der Waals surface area (Å²) in [7, 11) is 0. The molecule has 0 atom stereocenters. The minimum absolute atomic E-state index is 0.207. The van der Waals surface area contributed by atoms with Crippen LogP contribution in [0.5, 0.6) is 0 Å². The fourth-order valence-electron chi connectivity index (χ4n) is 1.47. The van der Waals surface area contributed by atoms with E-state index in [1.54, 1.807) is 18.2 Å². The molecule has 1 aromatic rings. The number of hydrogen-bond donors (Lipinski definition) is 1. The monoisotopic (exact) mass is 226 g/mol. The molecule has 4 nitrogen and oxygen atoms in total. The lowest BCUT2D eigenvalue weighted by Gasteiger charge is -2.14. The van der Waals surface area contributed by atoms with Gasteiger partial charge in [0.05, 0.1) is 18.7 Å². The average Bonchev–Trinajstić information content (AvgIpc) is 2.69. The van der Waals surface area contributed by atoms with Gasteiger partial charge in [-0.3, -0.25) is 9.63 Å². The van der Waals surface area contributed by atoms with Crippen molar-refractivity contribution in [3.05, 3.63) is 28.8 Å². The maximum Gasteiger partial charge on any atom is 0.279 e. The van der Waals surface area contributed by atoms with Crippen molar-refractivity contribution in [1.29, 1.82) is 0 Å². The van der Waals surface area contributed by atoms with Crippen LogP contribution >= 0.6 is 11.6 Å². The smallest absolute Gasteiger partial charge is 0.279 e. The van der Waals surface area contributed by atoms with Crippen molar-refractivity contribution in [3.8, 4) is 0 Å². The van der Waals surface area contributed by atoms with Gasteiger partial charge in [0.15, 0.2) is 0 Å². The van der Waals surface area contributed by atoms with Crippen LogP contribution in [0.15, 0.2) is 18.2 Å². The molecule has 0 aromatic heterocycles. The fourth-order valence-corrected chi connectivity index (χ4v) is 1.65. The number of carbonyl (C=O) groups excluding carboxylic acids is 1. The Hall–Kier alpha value is -1.26. The Morgan fingerprint density at radius 1 is 1.53 bits per heavy atom. The van der Waals surface area contributed by atoms with Crippen LogP contribution in [0.3, 0.4) is 0 Å². The van der Waals surface area contributed by atoms with Gasteiger partial charge in [-0.25, -0.2) is 5.06 Å². The van der Waals surface area contributed by atoms with Crippen LogP contribution in [0.1, 0.15) is 16.8 Å². The maximum absolute atomic E-state index is 11.9. The molecule has 2 N–H and O–H groups in total. The minimum Gasteiger partial charge on any atom is -0.398 e. The largest absolute Gasteiger partial charge is 0.398 e. The maximum atomic E-state index is 11.9. The van der Waals surface area contributed by atoms with E-state index in [9.17, 15) is 4.79 Å². The average molecular weight is 227 g/mol. The Morgan fingerprint density at radius 2 is 2.33 bits per heavy atom. The molecule has 0 radical (unpaired) electrons. The van der Waals surface area contributed by atoms with E-state index in [4.69, 9.17) is 22.2 Å². The van der Waals surface area contributed by atoms with Crippen LogP contribution in [-0.4, -0.2) is 24.1 Å². The summed E-state index contributed by atoms with van der Waals surface area (Å²) in [6, 6.07) is 4.81. The van der Waals surface area contributed by atoms with Crippen LogP contribution in [0, 0.1) is 0 Å². The van der Waals surface area contributed by atoms with Crippen molar-refractivity contribution in [2.24, 2.45) is 0 Å². The zero-order chi connectivity index (χ0) is 10.8. The first-order chi connectivity index (χ1) is 7.18. The van der Waals surface area contributed by atoms with Gasteiger partial charge in [-0.2, -0.15) is 0 Å². The number of carbonyl (C=O) groups is 1. The second-order valence-electron chi connectivity index (χ2n) is 3.33. The number of nitrogen functional groups attached to an aromatic ring is 1. The van der Waals surface area contributed by atoms with Gasteiger partial charge in [-0.05, 0) is 24.6 Å². The van der Waals surface area contributed by atoms with Crippen molar-refractivity contribution in [2.45, 2.75) is 6.42 Å². The van der Waals surface area contributed by atoms with E-state index in [-0.39, 0.29) is 5.91 Å². The van der Waals surface area contributed by atoms with E-state index in [2.05, 4.69) is 0 Å². The number of hydrogen-bond acceptors (Lipinski definition) is 3. The fraction of sp³-hybridized carbons (Fsp3) is 0.300. The molecule has 1 fully saturated rings. The second-order valence-corrected chi connectivity index (χ2v) is 3.76. The number of halogens is 1. The van der Waals surface area contributed by atoms with E-state index in [0.29, 0.717) is 29.4 Å². The van der Waals surface area contributed by atoms with Crippen molar-refractivity contribution in [2.75, 3.05) is 18.9 Å². The van der Waals surface area contributed by atoms with Crippen LogP contribution in [0.2, 0.25) is 5.02 Å². The normalized spacial score (nSPS) is 15.7. The number of anilines is 1. The van der Waals surface area contributed by atoms with Crippen LogP contribution in [0.25, 0.3) is 0 Å².